The summed E-state index contributed by atoms with van der Waals surface area (Å²) >= 11 is 2.34. The lowest BCUT2D eigenvalue weighted by molar-refractivity contribution is 0.186. The molecule has 0 spiro atoms. The van der Waals surface area contributed by atoms with Gasteiger partial charge in [-0.2, -0.15) is 0 Å². The molecule has 0 bridgehead atoms. The predicted molar refractivity (Wildman–Crippen MR) is 330 cm³/mol. The van der Waals surface area contributed by atoms with E-state index in [4.69, 9.17) is 0 Å². The molecule has 0 aromatic heterocycles. The second-order valence-electron chi connectivity index (χ2n) is 29.8. The van der Waals surface area contributed by atoms with Crippen molar-refractivity contribution < 1.29 is 0 Å². The molecule has 0 N–H and O–H groups in total. The Morgan fingerprint density at radius 3 is 2.09 bits per heavy atom. The molecule has 7 atom stereocenters. The fourth-order valence-electron chi connectivity index (χ4n) is 16.2. The Balaban J connectivity index is 1.20. The summed E-state index contributed by atoms with van der Waals surface area (Å²) in [4.78, 5) is 10.8. The van der Waals surface area contributed by atoms with Crippen LogP contribution in [0.4, 0.5) is 11.4 Å². The van der Waals surface area contributed by atoms with Gasteiger partial charge in [-0.25, -0.2) is 0 Å². The predicted octanol–water partition coefficient (Wildman–Crippen LogP) is 17.6. The number of anilines is 2. The molecule has 7 unspecified atom stereocenters. The van der Waals surface area contributed by atoms with Crippen molar-refractivity contribution in [2.75, 3.05) is 9.80 Å². The fraction of sp³-hybridized carbons (Fsp3) is 0.549. The van der Waals surface area contributed by atoms with Gasteiger partial charge in [-0.05, 0) is 176 Å². The number of hydrogen-bond acceptors (Lipinski definition) is 4. The van der Waals surface area contributed by atoms with Crippen molar-refractivity contribution in [1.29, 1.82) is 0 Å². The minimum absolute atomic E-state index is 0.0146. The van der Waals surface area contributed by atoms with Gasteiger partial charge in [0.05, 0.1) is 24.2 Å². The van der Waals surface area contributed by atoms with Gasteiger partial charge < -0.3 is 14.7 Å². The number of fused-ring (bicyclic) bond motifs is 7. The number of thioether (sulfide) groups is 1. The average molecular weight is 1030 g/mol. The smallest absolute Gasteiger partial charge is 0.233 e. The highest BCUT2D eigenvalue weighted by Crippen LogP contribution is 2.66. The van der Waals surface area contributed by atoms with Crippen LogP contribution in [0.15, 0.2) is 159 Å². The largest absolute Gasteiger partial charge is 0.358 e. The monoisotopic (exact) mass is 1030 g/mol. The van der Waals surface area contributed by atoms with Gasteiger partial charge >= 0.3 is 0 Å². The summed E-state index contributed by atoms with van der Waals surface area (Å²) in [5.41, 5.74) is 20.6. The molecule has 12 rings (SSSR count). The molecule has 0 amide bonds. The summed E-state index contributed by atoms with van der Waals surface area (Å²) in [7, 11) is 0. The van der Waals surface area contributed by atoms with Crippen molar-refractivity contribution in [3.05, 3.63) is 170 Å². The Labute approximate surface area is 465 Å². The van der Waals surface area contributed by atoms with Crippen LogP contribution in [-0.4, -0.2) is 47.0 Å². The normalized spacial score (nSPS) is 30.8. The summed E-state index contributed by atoms with van der Waals surface area (Å²) in [5.74, 6) is 0.208. The van der Waals surface area contributed by atoms with Crippen LogP contribution < -0.4 is 15.3 Å². The summed E-state index contributed by atoms with van der Waals surface area (Å²) in [5, 5.41) is 0.331. The van der Waals surface area contributed by atoms with E-state index < -0.39 is 0 Å². The minimum Gasteiger partial charge on any atom is -0.358 e. The molecule has 1 saturated heterocycles. The van der Waals surface area contributed by atoms with Crippen LogP contribution in [0, 0.1) is 27.6 Å². The standard InChI is InChI=1S/C71H92BN3S/c1-45-56(73(49-27-21-17-22-28-49)50-29-23-18-24-30-50)44-57-60-61(45)74(51-34-31-47(32-35-51)66(2,3)4)62-54(37-36-53-58(62)69(10,11)40-39-68(53,8)9)72(60)65-63(59-64(76-65)71(14,15)42-41-70(59,12)13)75(57)55-38-33-48(67(5,6)7)43-52(55)46-25-19-16-20-26-46/h17,19,21-23,25-29,31-34,36-37,43-45,50-51,55-56,63,65H,16,18,20,24,30,35,38-42H2,1-15H3. The second kappa shape index (κ2) is 18.4. The molecule has 5 heteroatoms. The van der Waals surface area contributed by atoms with Crippen LogP contribution in [0.25, 0.3) is 0 Å². The lowest BCUT2D eigenvalue weighted by atomic mass is 9.31. The van der Waals surface area contributed by atoms with Gasteiger partial charge in [-0.15, -0.1) is 11.8 Å². The molecule has 7 aliphatic carbocycles. The van der Waals surface area contributed by atoms with Crippen LogP contribution in [0.1, 0.15) is 186 Å². The van der Waals surface area contributed by atoms with Crippen molar-refractivity contribution in [2.45, 2.75) is 221 Å². The topological polar surface area (TPSA) is 9.72 Å². The first-order chi connectivity index (χ1) is 35.9. The highest BCUT2D eigenvalue weighted by Gasteiger charge is 2.63. The highest BCUT2D eigenvalue weighted by molar-refractivity contribution is 8.05. The molecule has 400 valence electrons. The number of hydrogen-bond donors (Lipinski definition) is 0. The average Bonchev–Trinajstić information content (AvgIpc) is 3.91. The first kappa shape index (κ1) is 52.4. The van der Waals surface area contributed by atoms with Crippen LogP contribution in [0.2, 0.25) is 0 Å². The van der Waals surface area contributed by atoms with E-state index in [1.807, 2.05) is 0 Å². The van der Waals surface area contributed by atoms with Gasteiger partial charge in [0.2, 0.25) is 6.71 Å². The third-order valence-electron chi connectivity index (χ3n) is 20.7. The molecule has 3 nitrogen and oxygen atoms in total. The van der Waals surface area contributed by atoms with Crippen LogP contribution in [0.5, 0.6) is 0 Å². The molecule has 3 heterocycles. The Kier molecular flexibility index (Phi) is 12.6. The van der Waals surface area contributed by atoms with E-state index >= 15 is 0 Å². The first-order valence-electron chi connectivity index (χ1n) is 30.2. The molecule has 3 aliphatic heterocycles. The SMILES string of the molecule is CC1C2=C3B(c4ccc5c(c4N2C2C=CC(C(C)(C)C)=CC2)C(C)(C)CCC5(C)C)C2SC4=C(C2N(C2CC=C(C(C)(C)C)C=C2C2=CCCC=C2)C3=CC1N(c1ccccc1)C1C=CCCC1)C(C)(C)CCC4(C)C. The van der Waals surface area contributed by atoms with E-state index in [1.165, 1.54) is 78.6 Å². The number of allylic oxidation sites excluding steroid dienone is 10. The third kappa shape index (κ3) is 8.40. The summed E-state index contributed by atoms with van der Waals surface area (Å²) in [6, 6.07) is 18.0. The summed E-state index contributed by atoms with van der Waals surface area (Å²) < 4.78 is 0. The number of nitrogens with zero attached hydrogens (tertiary/aromatic N) is 3. The van der Waals surface area contributed by atoms with E-state index in [-0.39, 0.29) is 69.3 Å². The zero-order valence-corrected chi connectivity index (χ0v) is 50.4. The minimum atomic E-state index is 0.0146. The molecular weight excluding hydrogens is 938 g/mol. The molecule has 1 fully saturated rings. The Morgan fingerprint density at radius 2 is 1.42 bits per heavy atom. The van der Waals surface area contributed by atoms with E-state index in [0.29, 0.717) is 11.2 Å². The maximum Gasteiger partial charge on any atom is 0.233 e. The van der Waals surface area contributed by atoms with Crippen molar-refractivity contribution >= 4 is 35.3 Å². The zero-order chi connectivity index (χ0) is 53.6. The van der Waals surface area contributed by atoms with Crippen LogP contribution in [-0.2, 0) is 10.8 Å². The maximum absolute atomic E-state index is 3.17. The van der Waals surface area contributed by atoms with Crippen molar-refractivity contribution in [1.82, 2.24) is 4.90 Å². The number of benzene rings is 2. The molecule has 2 aromatic carbocycles. The highest BCUT2D eigenvalue weighted by atomic mass is 32.2. The molecule has 76 heavy (non-hydrogen) atoms. The lowest BCUT2D eigenvalue weighted by Crippen LogP contribution is -2.67. The molecule has 0 radical (unpaired) electrons. The lowest BCUT2D eigenvalue weighted by Gasteiger charge is -2.60. The van der Waals surface area contributed by atoms with Crippen LogP contribution in [0.3, 0.4) is 0 Å². The van der Waals surface area contributed by atoms with E-state index in [9.17, 15) is 0 Å². The molecule has 0 saturated carbocycles. The van der Waals surface area contributed by atoms with E-state index in [1.54, 1.807) is 43.9 Å². The van der Waals surface area contributed by atoms with Gasteiger partial charge in [0.15, 0.2) is 0 Å². The Bertz CT molecular complexity index is 3030. The van der Waals surface area contributed by atoms with Crippen molar-refractivity contribution in [3.63, 3.8) is 0 Å². The number of para-hydroxylation sites is 1. The fourth-order valence-corrected chi connectivity index (χ4v) is 18.3. The van der Waals surface area contributed by atoms with Gasteiger partial charge in [0, 0.05) is 39.9 Å². The van der Waals surface area contributed by atoms with Crippen LogP contribution >= 0.6 is 11.8 Å². The van der Waals surface area contributed by atoms with E-state index in [0.717, 1.165) is 25.7 Å². The third-order valence-corrected chi connectivity index (χ3v) is 22.5. The van der Waals surface area contributed by atoms with E-state index in [2.05, 4.69) is 240 Å². The molecule has 10 aliphatic rings. The molecule has 2 aromatic rings. The van der Waals surface area contributed by atoms with Gasteiger partial charge in [0.25, 0.3) is 0 Å². The Morgan fingerprint density at radius 1 is 0.711 bits per heavy atom. The maximum atomic E-state index is 3.17. The van der Waals surface area contributed by atoms with Crippen molar-refractivity contribution in [3.8, 4) is 0 Å². The molecular formula is C71H92BN3S. The number of rotatable bonds is 6. The summed E-state index contributed by atoms with van der Waals surface area (Å²) in [6.07, 6.45) is 41.3. The van der Waals surface area contributed by atoms with Crippen molar-refractivity contribution in [2.24, 2.45) is 27.6 Å². The van der Waals surface area contributed by atoms with Gasteiger partial charge in [-0.3, -0.25) is 0 Å². The zero-order valence-electron chi connectivity index (χ0n) is 49.5. The Hall–Kier alpha value is -4.35. The van der Waals surface area contributed by atoms with Gasteiger partial charge in [-0.1, -0.05) is 195 Å². The quantitative estimate of drug-likeness (QED) is 0.211. The van der Waals surface area contributed by atoms with Gasteiger partial charge in [0.1, 0.15) is 0 Å². The second-order valence-corrected chi connectivity index (χ2v) is 30.9. The first-order valence-corrected chi connectivity index (χ1v) is 31.1. The summed E-state index contributed by atoms with van der Waals surface area (Å²) in [6.45, 7) is 38.2.